The largest absolute Gasteiger partial charge is 0.378 e. The van der Waals surface area contributed by atoms with Gasteiger partial charge in [0.05, 0.1) is 24.6 Å². The summed E-state index contributed by atoms with van der Waals surface area (Å²) in [5.74, 6) is 0.00226. The fourth-order valence-electron chi connectivity index (χ4n) is 3.86. The number of anilines is 2. The third kappa shape index (κ3) is 3.84. The number of hydrogen-bond donors (Lipinski definition) is 0. The van der Waals surface area contributed by atoms with Crippen molar-refractivity contribution in [1.82, 2.24) is 4.90 Å². The summed E-state index contributed by atoms with van der Waals surface area (Å²) >= 11 is 3.12. The summed E-state index contributed by atoms with van der Waals surface area (Å²) in [5, 5.41) is 1.71. The molecule has 0 atom stereocenters. The Kier molecular flexibility index (Phi) is 5.69. The monoisotopic (exact) mass is 452 g/mol. The molecule has 5 rings (SSSR count). The number of thioether (sulfide) groups is 2. The highest BCUT2D eigenvalue weighted by atomic mass is 32.2. The van der Waals surface area contributed by atoms with Crippen molar-refractivity contribution >= 4 is 51.7 Å². The van der Waals surface area contributed by atoms with E-state index in [2.05, 4.69) is 41.0 Å². The van der Waals surface area contributed by atoms with Crippen molar-refractivity contribution in [2.45, 2.75) is 11.8 Å². The zero-order valence-electron chi connectivity index (χ0n) is 17.6. The Morgan fingerprint density at radius 2 is 1.77 bits per heavy atom. The zero-order valence-corrected chi connectivity index (χ0v) is 19.2. The zero-order chi connectivity index (χ0) is 21.4. The number of fused-ring (bicyclic) bond motifs is 1. The van der Waals surface area contributed by atoms with Gasteiger partial charge in [-0.3, -0.25) is 9.69 Å². The van der Waals surface area contributed by atoms with Crippen molar-refractivity contribution in [3.63, 3.8) is 0 Å². The third-order valence-corrected chi connectivity index (χ3v) is 7.98. The Morgan fingerprint density at radius 3 is 2.52 bits per heavy atom. The predicted molar refractivity (Wildman–Crippen MR) is 129 cm³/mol. The Hall–Kier alpha value is -2.42. The quantitative estimate of drug-likeness (QED) is 0.639. The van der Waals surface area contributed by atoms with Crippen LogP contribution in [0.1, 0.15) is 6.92 Å². The van der Waals surface area contributed by atoms with Crippen molar-refractivity contribution in [2.24, 2.45) is 4.99 Å². The minimum Gasteiger partial charge on any atom is -0.378 e. The van der Waals surface area contributed by atoms with E-state index in [1.165, 1.54) is 22.3 Å². The molecular weight excluding hydrogens is 428 g/mol. The van der Waals surface area contributed by atoms with Crippen LogP contribution in [0, 0.1) is 0 Å². The maximum atomic E-state index is 13.1. The number of benzene rings is 2. The van der Waals surface area contributed by atoms with Crippen LogP contribution in [0.4, 0.5) is 17.1 Å². The van der Waals surface area contributed by atoms with Gasteiger partial charge in [-0.1, -0.05) is 23.9 Å². The summed E-state index contributed by atoms with van der Waals surface area (Å²) in [6.07, 6.45) is 0. The normalized spacial score (nSPS) is 22.6. The van der Waals surface area contributed by atoms with Crippen LogP contribution in [0.2, 0.25) is 0 Å². The Balaban J connectivity index is 1.40. The molecule has 0 N–H and O–H groups in total. The molecule has 1 amide bonds. The second kappa shape index (κ2) is 8.61. The van der Waals surface area contributed by atoms with Crippen LogP contribution in [-0.2, 0) is 9.53 Å². The number of aliphatic imine (C=N–C) groups is 1. The maximum Gasteiger partial charge on any atom is 0.269 e. The summed E-state index contributed by atoms with van der Waals surface area (Å²) in [5.41, 5.74) is 3.19. The molecule has 0 radical (unpaired) electrons. The van der Waals surface area contributed by atoms with Crippen LogP contribution in [0.3, 0.4) is 0 Å². The second-order valence-corrected chi connectivity index (χ2v) is 9.43. The van der Waals surface area contributed by atoms with Crippen LogP contribution < -0.4 is 9.80 Å². The minimum atomic E-state index is 0.00226. The summed E-state index contributed by atoms with van der Waals surface area (Å²) < 4.78 is 5.43. The van der Waals surface area contributed by atoms with Gasteiger partial charge in [-0.15, -0.1) is 0 Å². The molecule has 0 unspecified atom stereocenters. The highest BCUT2D eigenvalue weighted by molar-refractivity contribution is 8.19. The molecule has 2 fully saturated rings. The summed E-state index contributed by atoms with van der Waals surface area (Å²) in [6, 6.07) is 16.5. The van der Waals surface area contributed by atoms with E-state index in [4.69, 9.17) is 9.73 Å². The van der Waals surface area contributed by atoms with Crippen LogP contribution in [0.5, 0.6) is 0 Å². The van der Waals surface area contributed by atoms with Gasteiger partial charge in [-0.05, 0) is 55.1 Å². The standard InChI is InChI=1S/C23H24N4O2S2/c1-3-27-18-6-4-5-7-19(18)30-22(27)20-21(28)25(2)23(31-20)24-16-8-10-17(11-9-16)26-12-14-29-15-13-26/h4-11H,3,12-15H2,1-2H3/b22-20+,24-23?. The molecule has 3 aliphatic heterocycles. The first-order valence-corrected chi connectivity index (χ1v) is 12.0. The first-order chi connectivity index (χ1) is 15.2. The number of morpholine rings is 1. The Labute approximate surface area is 190 Å². The van der Waals surface area contributed by atoms with E-state index in [-0.39, 0.29) is 5.91 Å². The van der Waals surface area contributed by atoms with Gasteiger partial charge in [0.2, 0.25) is 0 Å². The van der Waals surface area contributed by atoms with Gasteiger partial charge in [0, 0.05) is 37.3 Å². The molecule has 0 spiro atoms. The smallest absolute Gasteiger partial charge is 0.269 e. The van der Waals surface area contributed by atoms with E-state index in [9.17, 15) is 4.79 Å². The van der Waals surface area contributed by atoms with E-state index in [1.807, 2.05) is 24.3 Å². The average molecular weight is 453 g/mol. The average Bonchev–Trinajstić information content (AvgIpc) is 3.32. The van der Waals surface area contributed by atoms with Crippen molar-refractivity contribution in [3.05, 3.63) is 58.5 Å². The first kappa shape index (κ1) is 20.5. The maximum absolute atomic E-state index is 13.1. The lowest BCUT2D eigenvalue weighted by molar-refractivity contribution is -0.121. The number of rotatable bonds is 3. The first-order valence-electron chi connectivity index (χ1n) is 10.4. The summed E-state index contributed by atoms with van der Waals surface area (Å²) in [6.45, 7) is 6.28. The second-order valence-electron chi connectivity index (χ2n) is 7.42. The highest BCUT2D eigenvalue weighted by Crippen LogP contribution is 2.50. The van der Waals surface area contributed by atoms with Gasteiger partial charge in [-0.25, -0.2) is 4.99 Å². The number of amidine groups is 1. The SMILES string of the molecule is CCN1/C(=C2\SC(=Nc3ccc(N4CCOCC4)cc3)N(C)C2=O)Sc2ccccc21. The number of likely N-dealkylation sites (N-methyl/N-ethyl adjacent to an activating group) is 1. The molecule has 31 heavy (non-hydrogen) atoms. The Bertz CT molecular complexity index is 1060. The van der Waals surface area contributed by atoms with Gasteiger partial charge >= 0.3 is 0 Å². The van der Waals surface area contributed by atoms with E-state index >= 15 is 0 Å². The van der Waals surface area contributed by atoms with E-state index < -0.39 is 0 Å². The van der Waals surface area contributed by atoms with Gasteiger partial charge in [0.15, 0.2) is 5.17 Å². The lowest BCUT2D eigenvalue weighted by Gasteiger charge is -2.28. The molecule has 0 bridgehead atoms. The number of hydrogen-bond acceptors (Lipinski definition) is 7. The van der Waals surface area contributed by atoms with Gasteiger partial charge in [0.25, 0.3) is 5.91 Å². The summed E-state index contributed by atoms with van der Waals surface area (Å²) in [7, 11) is 1.80. The molecule has 0 saturated carbocycles. The lowest BCUT2D eigenvalue weighted by Crippen LogP contribution is -2.36. The van der Waals surface area contributed by atoms with Gasteiger partial charge < -0.3 is 14.5 Å². The van der Waals surface area contributed by atoms with Crippen molar-refractivity contribution in [1.29, 1.82) is 0 Å². The van der Waals surface area contributed by atoms with Gasteiger partial charge in [-0.2, -0.15) is 0 Å². The van der Waals surface area contributed by atoms with Crippen LogP contribution in [-0.4, -0.2) is 55.9 Å². The number of carbonyl (C=O) groups excluding carboxylic acids is 1. The number of carbonyl (C=O) groups is 1. The highest BCUT2D eigenvalue weighted by Gasteiger charge is 2.37. The summed E-state index contributed by atoms with van der Waals surface area (Å²) in [4.78, 5) is 26.0. The van der Waals surface area contributed by atoms with Crippen molar-refractivity contribution in [3.8, 4) is 0 Å². The number of para-hydroxylation sites is 1. The molecule has 0 aliphatic carbocycles. The molecule has 6 nitrogen and oxygen atoms in total. The third-order valence-electron chi connectivity index (χ3n) is 5.55. The minimum absolute atomic E-state index is 0.00226. The molecule has 8 heteroatoms. The van der Waals surface area contributed by atoms with Crippen molar-refractivity contribution < 1.29 is 9.53 Å². The van der Waals surface area contributed by atoms with Crippen LogP contribution in [0.15, 0.2) is 68.4 Å². The van der Waals surface area contributed by atoms with Crippen LogP contribution in [0.25, 0.3) is 0 Å². The van der Waals surface area contributed by atoms with E-state index in [0.717, 1.165) is 54.2 Å². The predicted octanol–water partition coefficient (Wildman–Crippen LogP) is 4.52. The molecule has 2 aromatic carbocycles. The molecule has 0 aromatic heterocycles. The Morgan fingerprint density at radius 1 is 1.03 bits per heavy atom. The van der Waals surface area contributed by atoms with Crippen molar-refractivity contribution in [2.75, 3.05) is 49.7 Å². The molecule has 2 saturated heterocycles. The number of nitrogens with zero attached hydrogens (tertiary/aromatic N) is 4. The van der Waals surface area contributed by atoms with E-state index in [1.54, 1.807) is 23.7 Å². The molecular formula is C23H24N4O2S2. The molecule has 3 heterocycles. The molecule has 160 valence electrons. The van der Waals surface area contributed by atoms with Gasteiger partial charge in [0.1, 0.15) is 9.93 Å². The topological polar surface area (TPSA) is 48.4 Å². The number of ether oxygens (including phenoxy) is 1. The van der Waals surface area contributed by atoms with Crippen LogP contribution >= 0.6 is 23.5 Å². The lowest BCUT2D eigenvalue weighted by atomic mass is 10.2. The van der Waals surface area contributed by atoms with E-state index in [0.29, 0.717) is 5.17 Å². The number of amides is 1. The molecule has 3 aliphatic rings. The fraction of sp³-hybridized carbons (Fsp3) is 0.304. The fourth-order valence-corrected chi connectivity index (χ4v) is 6.24. The molecule has 2 aromatic rings.